The van der Waals surface area contributed by atoms with Crippen LogP contribution in [-0.2, 0) is 6.42 Å². The molecule has 0 radical (unpaired) electrons. The second-order valence-electron chi connectivity index (χ2n) is 4.72. The Labute approximate surface area is 133 Å². The largest absolute Gasteiger partial charge is 0.493 e. The van der Waals surface area contributed by atoms with E-state index in [1.165, 1.54) is 0 Å². The Morgan fingerprint density at radius 3 is 2.09 bits per heavy atom. The molecule has 6 nitrogen and oxygen atoms in total. The van der Waals surface area contributed by atoms with Crippen LogP contribution in [0, 0.1) is 11.7 Å². The molecule has 2 rings (SSSR count). The van der Waals surface area contributed by atoms with E-state index in [1.54, 1.807) is 21.3 Å². The fourth-order valence-electron chi connectivity index (χ4n) is 2.28. The molecule has 0 aliphatic carbocycles. The van der Waals surface area contributed by atoms with Gasteiger partial charge in [-0.1, -0.05) is 0 Å². The molecule has 1 aromatic heterocycles. The number of nitrogens with one attached hydrogen (secondary N) is 2. The monoisotopic (exact) mass is 322 g/mol. The number of rotatable bonds is 5. The van der Waals surface area contributed by atoms with E-state index in [-0.39, 0.29) is 5.56 Å². The van der Waals surface area contributed by atoms with Crippen LogP contribution in [0.5, 0.6) is 17.2 Å². The molecule has 0 atom stereocenters. The zero-order valence-corrected chi connectivity index (χ0v) is 13.7. The van der Waals surface area contributed by atoms with Crippen molar-refractivity contribution >= 4 is 12.2 Å². The molecule has 0 spiro atoms. The number of benzene rings is 1. The Hall–Kier alpha value is -2.28. The van der Waals surface area contributed by atoms with Gasteiger partial charge in [0.15, 0.2) is 16.3 Å². The molecule has 7 heteroatoms. The minimum Gasteiger partial charge on any atom is -0.493 e. The van der Waals surface area contributed by atoms with Crippen LogP contribution in [0.3, 0.4) is 0 Å². The van der Waals surface area contributed by atoms with Gasteiger partial charge in [0.25, 0.3) is 5.56 Å². The van der Waals surface area contributed by atoms with Crippen molar-refractivity contribution in [2.75, 3.05) is 21.3 Å². The minimum atomic E-state index is -0.199. The van der Waals surface area contributed by atoms with Crippen LogP contribution in [0.1, 0.15) is 16.8 Å². The highest BCUT2D eigenvalue weighted by Crippen LogP contribution is 2.38. The predicted molar refractivity (Wildman–Crippen MR) is 85.9 cm³/mol. The molecule has 118 valence electrons. The summed E-state index contributed by atoms with van der Waals surface area (Å²) in [6.45, 7) is 1.82. The molecule has 1 aromatic carbocycles. The number of aromatic nitrogens is 2. The molecule has 0 saturated carbocycles. The number of H-pyrrole nitrogens is 2. The third kappa shape index (κ3) is 3.14. The normalized spacial score (nSPS) is 10.4. The van der Waals surface area contributed by atoms with Gasteiger partial charge in [-0.15, -0.1) is 0 Å². The second-order valence-corrected chi connectivity index (χ2v) is 5.13. The van der Waals surface area contributed by atoms with E-state index in [2.05, 4.69) is 9.97 Å². The lowest BCUT2D eigenvalue weighted by atomic mass is 10.0. The maximum atomic E-state index is 12.1. The first-order chi connectivity index (χ1) is 10.5. The predicted octanol–water partition coefficient (Wildman–Crippen LogP) is 2.36. The van der Waals surface area contributed by atoms with Crippen LogP contribution in [0.15, 0.2) is 16.9 Å². The van der Waals surface area contributed by atoms with Crippen LogP contribution < -0.4 is 19.8 Å². The average Bonchev–Trinajstić information content (AvgIpc) is 2.49. The van der Waals surface area contributed by atoms with Gasteiger partial charge in [-0.2, -0.15) is 0 Å². The summed E-state index contributed by atoms with van der Waals surface area (Å²) in [5.74, 6) is 1.62. The van der Waals surface area contributed by atoms with E-state index in [0.29, 0.717) is 34.0 Å². The first-order valence-electron chi connectivity index (χ1n) is 6.61. The summed E-state index contributed by atoms with van der Waals surface area (Å²) in [5, 5.41) is 0. The highest BCUT2D eigenvalue weighted by Gasteiger charge is 2.15. The van der Waals surface area contributed by atoms with Crippen molar-refractivity contribution < 1.29 is 14.2 Å². The second kappa shape index (κ2) is 6.65. The number of ether oxygens (including phenoxy) is 3. The maximum absolute atomic E-state index is 12.1. The Balaban J connectivity index is 2.51. The summed E-state index contributed by atoms with van der Waals surface area (Å²) in [7, 11) is 4.66. The number of hydrogen-bond acceptors (Lipinski definition) is 5. The molecular formula is C15H18N2O4S. The third-order valence-electron chi connectivity index (χ3n) is 3.36. The standard InChI is InChI=1S/C15H18N2O4S/c1-8-10(14(18)17-15(22)16-8)5-9-6-11(19-2)13(21-4)12(7-9)20-3/h6-7H,5H2,1-4H3,(H2,16,17,18,22). The average molecular weight is 322 g/mol. The van der Waals surface area contributed by atoms with Crippen LogP contribution in [-0.4, -0.2) is 31.3 Å². The Morgan fingerprint density at radius 1 is 1.05 bits per heavy atom. The molecule has 22 heavy (non-hydrogen) atoms. The van der Waals surface area contributed by atoms with Crippen molar-refractivity contribution in [2.45, 2.75) is 13.3 Å². The molecule has 0 aliphatic heterocycles. The summed E-state index contributed by atoms with van der Waals surface area (Å²) in [4.78, 5) is 17.6. The van der Waals surface area contributed by atoms with Gasteiger partial charge in [0.05, 0.1) is 21.3 Å². The van der Waals surface area contributed by atoms with Crippen LogP contribution in [0.4, 0.5) is 0 Å². The molecule has 2 aromatic rings. The molecule has 0 aliphatic rings. The lowest BCUT2D eigenvalue weighted by molar-refractivity contribution is 0.324. The SMILES string of the molecule is COc1cc(Cc2c(C)[nH]c(=S)[nH]c2=O)cc(OC)c1OC. The summed E-state index contributed by atoms with van der Waals surface area (Å²) in [6, 6.07) is 3.64. The molecule has 0 unspecified atom stereocenters. The first kappa shape index (κ1) is 16.1. The van der Waals surface area contributed by atoms with Gasteiger partial charge in [0, 0.05) is 17.7 Å². The number of aromatic amines is 2. The van der Waals surface area contributed by atoms with Crippen LogP contribution in [0.25, 0.3) is 0 Å². The Kier molecular flexibility index (Phi) is 4.87. The molecule has 0 saturated heterocycles. The van der Waals surface area contributed by atoms with Gasteiger partial charge in [0.2, 0.25) is 5.75 Å². The number of aryl methyl sites for hydroxylation is 1. The molecular weight excluding hydrogens is 304 g/mol. The summed E-state index contributed by atoms with van der Waals surface area (Å²) in [5.41, 5.74) is 2.02. The Bertz CT molecular complexity index is 770. The summed E-state index contributed by atoms with van der Waals surface area (Å²) < 4.78 is 16.2. The lowest BCUT2D eigenvalue weighted by Crippen LogP contribution is -2.16. The van der Waals surface area contributed by atoms with Gasteiger partial charge in [0.1, 0.15) is 0 Å². The third-order valence-corrected chi connectivity index (χ3v) is 3.56. The summed E-state index contributed by atoms with van der Waals surface area (Å²) in [6.07, 6.45) is 0.421. The molecule has 2 N–H and O–H groups in total. The van der Waals surface area contributed by atoms with Crippen molar-refractivity contribution in [3.63, 3.8) is 0 Å². The van der Waals surface area contributed by atoms with E-state index < -0.39 is 0 Å². The molecule has 0 bridgehead atoms. The fraction of sp³-hybridized carbons (Fsp3) is 0.333. The van der Waals surface area contributed by atoms with Crippen molar-refractivity contribution in [2.24, 2.45) is 0 Å². The van der Waals surface area contributed by atoms with E-state index in [1.807, 2.05) is 19.1 Å². The van der Waals surface area contributed by atoms with Crippen molar-refractivity contribution in [1.82, 2.24) is 9.97 Å². The highest BCUT2D eigenvalue weighted by molar-refractivity contribution is 7.71. The number of hydrogen-bond donors (Lipinski definition) is 2. The zero-order valence-electron chi connectivity index (χ0n) is 12.9. The van der Waals surface area contributed by atoms with Crippen LogP contribution >= 0.6 is 12.2 Å². The quantitative estimate of drug-likeness (QED) is 0.827. The molecule has 0 fully saturated rings. The zero-order chi connectivity index (χ0) is 16.3. The van der Waals surface area contributed by atoms with Gasteiger partial charge in [-0.25, -0.2) is 0 Å². The van der Waals surface area contributed by atoms with E-state index in [4.69, 9.17) is 26.4 Å². The lowest BCUT2D eigenvalue weighted by Gasteiger charge is -2.14. The van der Waals surface area contributed by atoms with Crippen molar-refractivity contribution in [3.8, 4) is 17.2 Å². The van der Waals surface area contributed by atoms with Crippen molar-refractivity contribution in [1.29, 1.82) is 0 Å². The fourth-order valence-corrected chi connectivity index (χ4v) is 2.53. The van der Waals surface area contributed by atoms with Gasteiger partial charge >= 0.3 is 0 Å². The van der Waals surface area contributed by atoms with Crippen LogP contribution in [0.2, 0.25) is 0 Å². The topological polar surface area (TPSA) is 76.3 Å². The summed E-state index contributed by atoms with van der Waals surface area (Å²) >= 11 is 4.96. The minimum absolute atomic E-state index is 0.199. The molecule has 1 heterocycles. The maximum Gasteiger partial charge on any atom is 0.255 e. The first-order valence-corrected chi connectivity index (χ1v) is 7.02. The number of methoxy groups -OCH3 is 3. The van der Waals surface area contributed by atoms with Gasteiger partial charge in [-0.3, -0.25) is 9.78 Å². The van der Waals surface area contributed by atoms with E-state index >= 15 is 0 Å². The van der Waals surface area contributed by atoms with E-state index in [0.717, 1.165) is 11.3 Å². The van der Waals surface area contributed by atoms with Gasteiger partial charge in [-0.05, 0) is 36.8 Å². The van der Waals surface area contributed by atoms with Crippen molar-refractivity contribution in [3.05, 3.63) is 44.1 Å². The Morgan fingerprint density at radius 2 is 1.64 bits per heavy atom. The molecule has 0 amide bonds. The highest BCUT2D eigenvalue weighted by atomic mass is 32.1. The van der Waals surface area contributed by atoms with E-state index in [9.17, 15) is 4.79 Å². The smallest absolute Gasteiger partial charge is 0.255 e. The van der Waals surface area contributed by atoms with Gasteiger partial charge < -0.3 is 19.2 Å².